The molecule has 2 aromatic heterocycles. The Bertz CT molecular complexity index is 1480. The lowest BCUT2D eigenvalue weighted by Crippen LogP contribution is -2.42. The number of pyridine rings is 1. The molecule has 0 spiro atoms. The highest BCUT2D eigenvalue weighted by molar-refractivity contribution is 6.35. The second-order valence-corrected chi connectivity index (χ2v) is 8.16. The van der Waals surface area contributed by atoms with E-state index in [4.69, 9.17) is 11.6 Å². The van der Waals surface area contributed by atoms with Crippen LogP contribution in [0.5, 0.6) is 0 Å². The van der Waals surface area contributed by atoms with Crippen molar-refractivity contribution < 1.29 is 18.0 Å². The normalized spacial score (nSPS) is 15.8. The summed E-state index contributed by atoms with van der Waals surface area (Å²) >= 11 is 6.09. The molecule has 164 valence electrons. The van der Waals surface area contributed by atoms with Crippen LogP contribution in [-0.2, 0) is 6.54 Å². The molecule has 0 fully saturated rings. The molecule has 32 heavy (non-hydrogen) atoms. The minimum absolute atomic E-state index is 0.00303. The lowest BCUT2D eigenvalue weighted by atomic mass is 9.93. The van der Waals surface area contributed by atoms with Gasteiger partial charge in [-0.3, -0.25) is 9.59 Å². The third-order valence-electron chi connectivity index (χ3n) is 5.83. The van der Waals surface area contributed by atoms with Crippen LogP contribution in [0, 0.1) is 17.5 Å². The molecule has 6 nitrogen and oxygen atoms in total. The number of aromatic nitrogens is 2. The minimum atomic E-state index is -1.12. The number of hydrogen-bond acceptors (Lipinski definition) is 3. The smallest absolute Gasteiger partial charge is 0.270 e. The molecule has 0 unspecified atom stereocenters. The molecule has 0 saturated carbocycles. The molecule has 4 aromatic rings. The summed E-state index contributed by atoms with van der Waals surface area (Å²) in [5.41, 5.74) is 1.05. The molecule has 3 heterocycles. The molecule has 1 amide bonds. The van der Waals surface area contributed by atoms with Crippen LogP contribution in [0.3, 0.4) is 0 Å². The number of nitrogens with one attached hydrogen (secondary N) is 3. The van der Waals surface area contributed by atoms with Gasteiger partial charge in [0.2, 0.25) is 0 Å². The van der Waals surface area contributed by atoms with Gasteiger partial charge in [0.25, 0.3) is 11.5 Å². The van der Waals surface area contributed by atoms with Crippen molar-refractivity contribution in [2.45, 2.75) is 12.6 Å². The fourth-order valence-electron chi connectivity index (χ4n) is 4.29. The number of likely N-dealkylation sites (N-methyl/N-ethyl adjacent to an activating group) is 1. The summed E-state index contributed by atoms with van der Waals surface area (Å²) < 4.78 is 41.5. The number of nitrogens with zero attached hydrogens (tertiary/aromatic N) is 1. The zero-order chi connectivity index (χ0) is 22.7. The summed E-state index contributed by atoms with van der Waals surface area (Å²) in [5, 5.41) is 4.04. The van der Waals surface area contributed by atoms with Crippen molar-refractivity contribution in [1.29, 1.82) is 0 Å². The minimum Gasteiger partial charge on any atom is -0.350 e. The first-order chi connectivity index (χ1) is 15.2. The van der Waals surface area contributed by atoms with E-state index in [1.165, 1.54) is 17.0 Å². The van der Waals surface area contributed by atoms with E-state index in [9.17, 15) is 22.8 Å². The quantitative estimate of drug-likeness (QED) is 0.423. The van der Waals surface area contributed by atoms with Gasteiger partial charge in [-0.05, 0) is 35.7 Å². The van der Waals surface area contributed by atoms with Crippen LogP contribution < -0.4 is 10.9 Å². The Morgan fingerprint density at radius 2 is 1.75 bits per heavy atom. The summed E-state index contributed by atoms with van der Waals surface area (Å²) in [7, 11) is 1.56. The second-order valence-electron chi connectivity index (χ2n) is 7.75. The molecule has 5 rings (SSSR count). The molecule has 0 saturated heterocycles. The first-order valence-electron chi connectivity index (χ1n) is 9.74. The predicted molar refractivity (Wildman–Crippen MR) is 114 cm³/mol. The maximum Gasteiger partial charge on any atom is 0.270 e. The van der Waals surface area contributed by atoms with Crippen LogP contribution in [0.1, 0.15) is 27.8 Å². The van der Waals surface area contributed by atoms with Crippen molar-refractivity contribution in [3.63, 3.8) is 0 Å². The number of benzene rings is 2. The highest BCUT2D eigenvalue weighted by atomic mass is 35.5. The van der Waals surface area contributed by atoms with Gasteiger partial charge < -0.3 is 20.2 Å². The van der Waals surface area contributed by atoms with Gasteiger partial charge in [0.1, 0.15) is 11.5 Å². The Morgan fingerprint density at radius 1 is 1.03 bits per heavy atom. The fourth-order valence-corrected chi connectivity index (χ4v) is 4.55. The van der Waals surface area contributed by atoms with Crippen LogP contribution in [0.25, 0.3) is 21.7 Å². The number of fused-ring (bicyclic) bond motifs is 4. The van der Waals surface area contributed by atoms with Gasteiger partial charge in [0.05, 0.1) is 22.0 Å². The first-order valence-corrected chi connectivity index (χ1v) is 10.1. The Hall–Kier alpha value is -3.30. The van der Waals surface area contributed by atoms with E-state index in [2.05, 4.69) is 15.3 Å². The Morgan fingerprint density at radius 3 is 2.50 bits per heavy atom. The average molecular weight is 461 g/mol. The lowest BCUT2D eigenvalue weighted by Gasteiger charge is -2.34. The summed E-state index contributed by atoms with van der Waals surface area (Å²) in [6, 6.07) is 5.19. The number of amides is 1. The van der Waals surface area contributed by atoms with Gasteiger partial charge in [-0.1, -0.05) is 11.6 Å². The Balaban J connectivity index is 1.62. The standard InChI is InChI=1S/C22H16ClF3N4O2/c1-30(22(32)17-6-12-13(23)2-9(24)3-16(12)28-17)19-8-27-7-18-20(19)10-4-14(25)15(26)5-11(10)21(31)29-18/h2-6,19,27-28H,7-8H2,1H3,(H,29,31)/t19-/m0/s1. The molecule has 1 aliphatic rings. The van der Waals surface area contributed by atoms with Crippen LogP contribution in [0.2, 0.25) is 5.02 Å². The highest BCUT2D eigenvalue weighted by Crippen LogP contribution is 2.33. The summed E-state index contributed by atoms with van der Waals surface area (Å²) in [5.74, 6) is -3.16. The molecular weight excluding hydrogens is 445 g/mol. The zero-order valence-corrected chi connectivity index (χ0v) is 17.4. The number of halogens is 4. The number of hydrogen-bond donors (Lipinski definition) is 3. The average Bonchev–Trinajstić information content (AvgIpc) is 3.18. The summed E-state index contributed by atoms with van der Waals surface area (Å²) in [4.78, 5) is 32.7. The van der Waals surface area contributed by atoms with E-state index >= 15 is 0 Å². The van der Waals surface area contributed by atoms with Crippen molar-refractivity contribution in [2.24, 2.45) is 0 Å². The van der Waals surface area contributed by atoms with Crippen LogP contribution in [0.4, 0.5) is 13.2 Å². The number of carbonyl (C=O) groups excluding carboxylic acids is 1. The van der Waals surface area contributed by atoms with Crippen molar-refractivity contribution in [1.82, 2.24) is 20.2 Å². The Labute approximate surface area is 184 Å². The molecule has 0 radical (unpaired) electrons. The van der Waals surface area contributed by atoms with Gasteiger partial charge in [-0.25, -0.2) is 13.2 Å². The summed E-state index contributed by atoms with van der Waals surface area (Å²) in [6.45, 7) is 0.629. The first kappa shape index (κ1) is 20.6. The van der Waals surface area contributed by atoms with Crippen LogP contribution in [0.15, 0.2) is 35.1 Å². The molecule has 1 atom stereocenters. The van der Waals surface area contributed by atoms with E-state index in [0.717, 1.165) is 18.2 Å². The van der Waals surface area contributed by atoms with Gasteiger partial charge in [-0.2, -0.15) is 0 Å². The van der Waals surface area contributed by atoms with Crippen molar-refractivity contribution in [3.8, 4) is 0 Å². The van der Waals surface area contributed by atoms with Crippen molar-refractivity contribution in [3.05, 3.63) is 80.1 Å². The van der Waals surface area contributed by atoms with E-state index < -0.39 is 35.0 Å². The molecule has 1 aliphatic heterocycles. The third kappa shape index (κ3) is 3.16. The van der Waals surface area contributed by atoms with Gasteiger partial charge in [0.15, 0.2) is 11.6 Å². The summed E-state index contributed by atoms with van der Waals surface area (Å²) in [6.07, 6.45) is 0. The highest BCUT2D eigenvalue weighted by Gasteiger charge is 2.31. The second kappa shape index (κ2) is 7.39. The monoisotopic (exact) mass is 460 g/mol. The van der Waals surface area contributed by atoms with E-state index in [0.29, 0.717) is 35.2 Å². The van der Waals surface area contributed by atoms with E-state index in [-0.39, 0.29) is 21.5 Å². The van der Waals surface area contributed by atoms with E-state index in [1.54, 1.807) is 7.05 Å². The molecule has 3 N–H and O–H groups in total. The maximum absolute atomic E-state index is 14.1. The van der Waals surface area contributed by atoms with Gasteiger partial charge >= 0.3 is 0 Å². The van der Waals surface area contributed by atoms with Crippen LogP contribution in [-0.4, -0.2) is 34.4 Å². The predicted octanol–water partition coefficient (Wildman–Crippen LogP) is 4.00. The Kier molecular flexibility index (Phi) is 4.75. The number of carbonyl (C=O) groups is 1. The largest absolute Gasteiger partial charge is 0.350 e. The van der Waals surface area contributed by atoms with Crippen molar-refractivity contribution in [2.75, 3.05) is 13.6 Å². The number of aromatic amines is 2. The molecule has 0 aliphatic carbocycles. The topological polar surface area (TPSA) is 81.0 Å². The van der Waals surface area contributed by atoms with Crippen LogP contribution >= 0.6 is 11.6 Å². The zero-order valence-electron chi connectivity index (χ0n) is 16.7. The third-order valence-corrected chi connectivity index (χ3v) is 6.14. The molecule has 2 aromatic carbocycles. The SMILES string of the molecule is CN(C(=O)c1cc2c(Cl)cc(F)cc2[nH]1)[C@H]1CNCc2[nH]c(=O)c3cc(F)c(F)cc3c21. The van der Waals surface area contributed by atoms with Crippen molar-refractivity contribution >= 4 is 39.2 Å². The fraction of sp³-hybridized carbons (Fsp3) is 0.182. The number of H-pyrrole nitrogens is 2. The molecular formula is C22H16ClF3N4O2. The lowest BCUT2D eigenvalue weighted by molar-refractivity contribution is 0.0718. The van der Waals surface area contributed by atoms with E-state index in [1.807, 2.05) is 0 Å². The van der Waals surface area contributed by atoms with Gasteiger partial charge in [-0.15, -0.1) is 0 Å². The maximum atomic E-state index is 14.1. The molecule has 0 bridgehead atoms. The molecule has 10 heteroatoms. The van der Waals surface area contributed by atoms with Gasteiger partial charge in [0, 0.05) is 36.8 Å². The number of rotatable bonds is 2.